The molecule has 200 valence electrons. The highest BCUT2D eigenvalue weighted by atomic mass is 16.4. The van der Waals surface area contributed by atoms with Crippen molar-refractivity contribution in [2.45, 2.75) is 45.3 Å². The highest BCUT2D eigenvalue weighted by Gasteiger charge is 2.27. The number of nitrogens with one attached hydrogen (secondary N) is 2. The Kier molecular flexibility index (Phi) is 8.31. The summed E-state index contributed by atoms with van der Waals surface area (Å²) in [7, 11) is 0. The van der Waals surface area contributed by atoms with Gasteiger partial charge in [-0.05, 0) is 41.3 Å². The molecule has 5 N–H and O–H groups in total. The fourth-order valence-electron chi connectivity index (χ4n) is 4.37. The molecule has 0 aliphatic carbocycles. The van der Waals surface area contributed by atoms with Gasteiger partial charge in [0.2, 0.25) is 11.8 Å². The third-order valence-electron chi connectivity index (χ3n) is 6.50. The van der Waals surface area contributed by atoms with Crippen molar-refractivity contribution in [3.8, 4) is 0 Å². The summed E-state index contributed by atoms with van der Waals surface area (Å²) in [5, 5.41) is 20.3. The maximum absolute atomic E-state index is 12.7. The lowest BCUT2D eigenvalue weighted by molar-refractivity contribution is -0.140. The van der Waals surface area contributed by atoms with Gasteiger partial charge in [0, 0.05) is 56.6 Å². The number of anilines is 1. The summed E-state index contributed by atoms with van der Waals surface area (Å²) >= 11 is 0. The van der Waals surface area contributed by atoms with E-state index in [-0.39, 0.29) is 30.8 Å². The number of carboxylic acids is 1. The van der Waals surface area contributed by atoms with Crippen LogP contribution in [0.5, 0.6) is 0 Å². The van der Waals surface area contributed by atoms with E-state index in [1.54, 1.807) is 17.3 Å². The minimum absolute atomic E-state index is 0.0758. The second-order valence-electron chi connectivity index (χ2n) is 9.47. The molecule has 0 saturated carbocycles. The van der Waals surface area contributed by atoms with E-state index in [0.29, 0.717) is 38.2 Å². The Morgan fingerprint density at radius 1 is 1.16 bits per heavy atom. The molecule has 0 radical (unpaired) electrons. The zero-order valence-corrected chi connectivity index (χ0v) is 21.1. The molecule has 0 spiro atoms. The maximum atomic E-state index is 12.7. The van der Waals surface area contributed by atoms with Crippen molar-refractivity contribution in [3.05, 3.63) is 59.4 Å². The van der Waals surface area contributed by atoms with Crippen LogP contribution in [0, 0.1) is 5.92 Å². The van der Waals surface area contributed by atoms with E-state index in [2.05, 4.69) is 20.7 Å². The molecule has 1 unspecified atom stereocenters. The first-order valence-electron chi connectivity index (χ1n) is 12.4. The summed E-state index contributed by atoms with van der Waals surface area (Å²) in [6, 6.07) is 7.84. The molecule has 0 fully saturated rings. The first-order valence-corrected chi connectivity index (χ1v) is 12.4. The fourth-order valence-corrected chi connectivity index (χ4v) is 4.37. The van der Waals surface area contributed by atoms with E-state index in [4.69, 9.17) is 10.8 Å². The molecular formula is C26H31N7O5. The van der Waals surface area contributed by atoms with Crippen molar-refractivity contribution in [3.63, 3.8) is 0 Å². The van der Waals surface area contributed by atoms with Crippen molar-refractivity contribution in [2.24, 2.45) is 16.8 Å². The summed E-state index contributed by atoms with van der Waals surface area (Å²) in [5.74, 6) is -1.87. The SMILES string of the molecule is CC1CC(=O)N(CCCNC(=O)C[C@H](N)C(=O)O)N=C1c1ccc(NC(=O)N2Cc3ccncc3C2)cc1. The Hall–Kier alpha value is -4.32. The van der Waals surface area contributed by atoms with E-state index in [1.165, 1.54) is 5.01 Å². The van der Waals surface area contributed by atoms with Crippen molar-refractivity contribution in [2.75, 3.05) is 18.4 Å². The number of amides is 4. The Morgan fingerprint density at radius 3 is 2.61 bits per heavy atom. The number of hydrogen-bond donors (Lipinski definition) is 4. The second kappa shape index (κ2) is 11.8. The van der Waals surface area contributed by atoms with Crippen LogP contribution in [0.25, 0.3) is 0 Å². The lowest BCUT2D eigenvalue weighted by Crippen LogP contribution is -2.39. The molecule has 4 rings (SSSR count). The maximum Gasteiger partial charge on any atom is 0.322 e. The lowest BCUT2D eigenvalue weighted by Gasteiger charge is -2.28. The molecule has 2 aromatic rings. The number of aromatic nitrogens is 1. The second-order valence-corrected chi connectivity index (χ2v) is 9.47. The van der Waals surface area contributed by atoms with Gasteiger partial charge in [-0.2, -0.15) is 5.10 Å². The van der Waals surface area contributed by atoms with Crippen molar-refractivity contribution < 1.29 is 24.3 Å². The average Bonchev–Trinajstić information content (AvgIpc) is 3.33. The summed E-state index contributed by atoms with van der Waals surface area (Å²) in [6.07, 6.45) is 3.96. The number of benzene rings is 1. The first kappa shape index (κ1) is 26.7. The molecule has 1 aromatic heterocycles. The largest absolute Gasteiger partial charge is 0.480 e. The number of rotatable bonds is 9. The fraction of sp³-hybridized carbons (Fsp3) is 0.385. The van der Waals surface area contributed by atoms with E-state index >= 15 is 0 Å². The third kappa shape index (κ3) is 6.51. The van der Waals surface area contributed by atoms with Crippen LogP contribution < -0.4 is 16.4 Å². The zero-order valence-electron chi connectivity index (χ0n) is 21.1. The van der Waals surface area contributed by atoms with Gasteiger partial charge in [-0.1, -0.05) is 19.1 Å². The predicted molar refractivity (Wildman–Crippen MR) is 139 cm³/mol. The number of nitrogens with zero attached hydrogens (tertiary/aromatic N) is 4. The molecule has 12 nitrogen and oxygen atoms in total. The number of aliphatic carboxylic acids is 1. The standard InChI is InChI=1S/C26H31N7O5/c1-16-11-23(35)33(10-2-8-29-22(34)12-21(27)25(36)37)31-24(16)17-3-5-20(6-4-17)30-26(38)32-14-18-7-9-28-13-19(18)15-32/h3-7,9,13,16,21H,2,8,10-12,14-15,27H2,1H3,(H,29,34)(H,30,38)(H,36,37)/t16?,21-/m0/s1. The van der Waals surface area contributed by atoms with E-state index in [1.807, 2.05) is 37.3 Å². The number of hydrogen-bond acceptors (Lipinski definition) is 7. The quantitative estimate of drug-likeness (QED) is 0.362. The molecule has 12 heteroatoms. The first-order chi connectivity index (χ1) is 18.2. The average molecular weight is 522 g/mol. The van der Waals surface area contributed by atoms with Crippen LogP contribution in [-0.4, -0.2) is 68.7 Å². The van der Waals surface area contributed by atoms with Crippen LogP contribution in [0.2, 0.25) is 0 Å². The molecular weight excluding hydrogens is 490 g/mol. The smallest absolute Gasteiger partial charge is 0.322 e. The molecule has 0 saturated heterocycles. The number of fused-ring (bicyclic) bond motifs is 1. The molecule has 38 heavy (non-hydrogen) atoms. The molecule has 3 heterocycles. The molecule has 2 aliphatic heterocycles. The third-order valence-corrected chi connectivity index (χ3v) is 6.50. The van der Waals surface area contributed by atoms with Gasteiger partial charge >= 0.3 is 12.0 Å². The van der Waals surface area contributed by atoms with Gasteiger partial charge in [-0.3, -0.25) is 19.4 Å². The predicted octanol–water partition coefficient (Wildman–Crippen LogP) is 1.51. The van der Waals surface area contributed by atoms with Crippen LogP contribution in [0.4, 0.5) is 10.5 Å². The number of carboxylic acid groups (broad SMARTS) is 1. The number of carbonyl (C=O) groups is 4. The summed E-state index contributed by atoms with van der Waals surface area (Å²) < 4.78 is 0. The van der Waals surface area contributed by atoms with Crippen molar-refractivity contribution >= 4 is 35.2 Å². The highest BCUT2D eigenvalue weighted by molar-refractivity contribution is 6.06. The van der Waals surface area contributed by atoms with Crippen molar-refractivity contribution in [1.29, 1.82) is 0 Å². The van der Waals surface area contributed by atoms with Crippen LogP contribution in [-0.2, 0) is 27.5 Å². The summed E-state index contributed by atoms with van der Waals surface area (Å²) in [5.41, 5.74) is 9.78. The van der Waals surface area contributed by atoms with E-state index < -0.39 is 17.9 Å². The Bertz CT molecular complexity index is 1220. The van der Waals surface area contributed by atoms with E-state index in [0.717, 1.165) is 22.4 Å². The van der Waals surface area contributed by atoms with Gasteiger partial charge in [-0.15, -0.1) is 0 Å². The monoisotopic (exact) mass is 521 g/mol. The number of carbonyl (C=O) groups excluding carboxylic acids is 3. The van der Waals surface area contributed by atoms with Gasteiger partial charge in [0.25, 0.3) is 0 Å². The number of nitrogens with two attached hydrogens (primary N) is 1. The van der Waals surface area contributed by atoms with Gasteiger partial charge in [0.05, 0.1) is 12.1 Å². The molecule has 1 aromatic carbocycles. The minimum atomic E-state index is -1.25. The van der Waals surface area contributed by atoms with Crippen LogP contribution in [0.3, 0.4) is 0 Å². The molecule has 2 atom stereocenters. The van der Waals surface area contributed by atoms with E-state index in [9.17, 15) is 19.2 Å². The highest BCUT2D eigenvalue weighted by Crippen LogP contribution is 2.24. The number of hydrazone groups is 1. The summed E-state index contributed by atoms with van der Waals surface area (Å²) in [4.78, 5) is 53.6. The van der Waals surface area contributed by atoms with Crippen molar-refractivity contribution in [1.82, 2.24) is 20.2 Å². The Morgan fingerprint density at radius 2 is 1.89 bits per heavy atom. The topological polar surface area (TPSA) is 170 Å². The van der Waals surface area contributed by atoms with Crippen LogP contribution in [0.15, 0.2) is 47.8 Å². The normalized spacial score (nSPS) is 17.5. The number of pyridine rings is 1. The minimum Gasteiger partial charge on any atom is -0.480 e. The Balaban J connectivity index is 1.31. The van der Waals surface area contributed by atoms with Crippen LogP contribution in [0.1, 0.15) is 42.9 Å². The van der Waals surface area contributed by atoms with Gasteiger partial charge < -0.3 is 26.4 Å². The van der Waals surface area contributed by atoms with Gasteiger partial charge in [0.1, 0.15) is 6.04 Å². The summed E-state index contributed by atoms with van der Waals surface area (Å²) in [6.45, 7) is 3.57. The lowest BCUT2D eigenvalue weighted by atomic mass is 9.93. The zero-order chi connectivity index (χ0) is 27.2. The molecule has 0 bridgehead atoms. The van der Waals surface area contributed by atoms with Crippen LogP contribution >= 0.6 is 0 Å². The van der Waals surface area contributed by atoms with Gasteiger partial charge in [-0.25, -0.2) is 9.80 Å². The molecule has 2 aliphatic rings. The Labute approximate surface area is 219 Å². The number of urea groups is 1. The molecule has 4 amide bonds. The van der Waals surface area contributed by atoms with Gasteiger partial charge in [0.15, 0.2) is 0 Å².